The average molecular weight is 188 g/mol. The van der Waals surface area contributed by atoms with Gasteiger partial charge in [0.25, 0.3) is 0 Å². The van der Waals surface area contributed by atoms with E-state index in [0.717, 1.165) is 19.3 Å². The number of carbonyl (C=O) groups is 1. The largest absolute Gasteiger partial charge is 0.392 e. The lowest BCUT2D eigenvalue weighted by molar-refractivity contribution is -0.125. The van der Waals surface area contributed by atoms with Crippen LogP contribution in [0.15, 0.2) is 0 Å². The minimum Gasteiger partial charge on any atom is -0.392 e. The van der Waals surface area contributed by atoms with Crippen molar-refractivity contribution in [2.24, 2.45) is 5.73 Å². The lowest BCUT2D eigenvalue weighted by Crippen LogP contribution is -2.44. The monoisotopic (exact) mass is 188 g/mol. The molecule has 0 aromatic carbocycles. The molecule has 1 aliphatic carbocycles. The van der Waals surface area contributed by atoms with Crippen molar-refractivity contribution in [3.8, 4) is 0 Å². The number of nitrogens with two attached hydrogens (primary N) is 1. The highest BCUT2D eigenvalue weighted by molar-refractivity contribution is 5.78. The number of aliphatic hydroxyl groups excluding tert-OH is 2. The van der Waals surface area contributed by atoms with Crippen molar-refractivity contribution >= 4 is 5.91 Å². The van der Waals surface area contributed by atoms with E-state index < -0.39 is 12.0 Å². The molecule has 5 nitrogen and oxygen atoms in total. The molecule has 0 aliphatic heterocycles. The molecule has 3 atom stereocenters. The molecule has 76 valence electrons. The van der Waals surface area contributed by atoms with Crippen molar-refractivity contribution in [3.63, 3.8) is 0 Å². The zero-order valence-corrected chi connectivity index (χ0v) is 7.44. The van der Waals surface area contributed by atoms with Crippen LogP contribution in [-0.2, 0) is 4.79 Å². The van der Waals surface area contributed by atoms with Crippen LogP contribution in [0.2, 0.25) is 0 Å². The van der Waals surface area contributed by atoms with E-state index in [1.54, 1.807) is 0 Å². The van der Waals surface area contributed by atoms with Crippen molar-refractivity contribution in [1.82, 2.24) is 5.32 Å². The first kappa shape index (κ1) is 10.4. The fraction of sp³-hybridized carbons (Fsp3) is 0.875. The summed E-state index contributed by atoms with van der Waals surface area (Å²) in [4.78, 5) is 10.5. The van der Waals surface area contributed by atoms with Gasteiger partial charge in [0.1, 0.15) is 6.10 Å². The number of hydrogen-bond donors (Lipinski definition) is 4. The fourth-order valence-corrected chi connectivity index (χ4v) is 1.54. The van der Waals surface area contributed by atoms with Gasteiger partial charge in [0, 0.05) is 12.6 Å². The smallest absolute Gasteiger partial charge is 0.247 e. The third kappa shape index (κ3) is 2.95. The Bertz CT molecular complexity index is 186. The Labute approximate surface area is 76.9 Å². The Morgan fingerprint density at radius 3 is 2.77 bits per heavy atom. The molecule has 13 heavy (non-hydrogen) atoms. The summed E-state index contributed by atoms with van der Waals surface area (Å²) in [5.41, 5.74) is 4.86. The standard InChI is InChI=1S/C8H16N2O3/c9-8(13)7(12)4-10-5-2-1-3-6(5)11/h5-7,10-12H,1-4H2,(H2,9,13). The molecule has 1 aliphatic rings. The van der Waals surface area contributed by atoms with Gasteiger partial charge in [0.15, 0.2) is 0 Å². The molecule has 0 heterocycles. The maximum absolute atomic E-state index is 10.5. The van der Waals surface area contributed by atoms with Crippen LogP contribution in [0.1, 0.15) is 19.3 Å². The molecule has 1 fully saturated rings. The summed E-state index contributed by atoms with van der Waals surface area (Å²) in [6.45, 7) is 0.122. The summed E-state index contributed by atoms with van der Waals surface area (Å²) < 4.78 is 0. The van der Waals surface area contributed by atoms with Gasteiger partial charge in [-0.05, 0) is 19.3 Å². The summed E-state index contributed by atoms with van der Waals surface area (Å²) in [5.74, 6) is -0.736. The molecule has 0 aromatic heterocycles. The Morgan fingerprint density at radius 1 is 1.62 bits per heavy atom. The number of amides is 1. The predicted molar refractivity (Wildman–Crippen MR) is 46.8 cm³/mol. The lowest BCUT2D eigenvalue weighted by Gasteiger charge is -2.17. The molecule has 5 heteroatoms. The normalized spacial score (nSPS) is 30.3. The minimum absolute atomic E-state index is 0.00556. The first-order chi connectivity index (χ1) is 6.11. The molecule has 5 N–H and O–H groups in total. The Balaban J connectivity index is 2.22. The number of aliphatic hydroxyl groups is 2. The summed E-state index contributed by atoms with van der Waals surface area (Å²) in [6.07, 6.45) is 1.12. The molecule has 0 bridgehead atoms. The summed E-state index contributed by atoms with van der Waals surface area (Å²) >= 11 is 0. The Hall–Kier alpha value is -0.650. The van der Waals surface area contributed by atoms with Gasteiger partial charge in [-0.3, -0.25) is 4.79 Å². The molecular formula is C8H16N2O3. The molecule has 0 aromatic rings. The maximum atomic E-state index is 10.5. The van der Waals surface area contributed by atoms with Crippen molar-refractivity contribution in [2.45, 2.75) is 37.5 Å². The van der Waals surface area contributed by atoms with E-state index in [0.29, 0.717) is 0 Å². The SMILES string of the molecule is NC(=O)C(O)CNC1CCCC1O. The van der Waals surface area contributed by atoms with Crippen LogP contribution >= 0.6 is 0 Å². The van der Waals surface area contributed by atoms with Crippen molar-refractivity contribution in [3.05, 3.63) is 0 Å². The minimum atomic E-state index is -1.16. The third-order valence-corrected chi connectivity index (χ3v) is 2.38. The average Bonchev–Trinajstić information content (AvgIpc) is 2.47. The van der Waals surface area contributed by atoms with E-state index in [1.807, 2.05) is 0 Å². The highest BCUT2D eigenvalue weighted by Gasteiger charge is 2.25. The second-order valence-electron chi connectivity index (χ2n) is 3.43. The van der Waals surface area contributed by atoms with Crippen molar-refractivity contribution in [1.29, 1.82) is 0 Å². The maximum Gasteiger partial charge on any atom is 0.247 e. The topological polar surface area (TPSA) is 95.6 Å². The van der Waals surface area contributed by atoms with Crippen LogP contribution < -0.4 is 11.1 Å². The van der Waals surface area contributed by atoms with Gasteiger partial charge in [0.2, 0.25) is 5.91 Å². The van der Waals surface area contributed by atoms with Crippen LogP contribution in [-0.4, -0.2) is 40.9 Å². The van der Waals surface area contributed by atoms with Crippen LogP contribution in [0.25, 0.3) is 0 Å². The van der Waals surface area contributed by atoms with E-state index in [4.69, 9.17) is 10.8 Å². The molecule has 0 spiro atoms. The first-order valence-corrected chi connectivity index (χ1v) is 4.50. The highest BCUT2D eigenvalue weighted by atomic mass is 16.3. The van der Waals surface area contributed by atoms with Gasteiger partial charge in [-0.15, -0.1) is 0 Å². The highest BCUT2D eigenvalue weighted by Crippen LogP contribution is 2.18. The lowest BCUT2D eigenvalue weighted by atomic mass is 10.2. The number of hydrogen-bond acceptors (Lipinski definition) is 4. The molecule has 0 radical (unpaired) electrons. The number of rotatable bonds is 4. The molecular weight excluding hydrogens is 172 g/mol. The van der Waals surface area contributed by atoms with Gasteiger partial charge < -0.3 is 21.3 Å². The van der Waals surface area contributed by atoms with E-state index >= 15 is 0 Å². The summed E-state index contributed by atoms with van der Waals surface area (Å²) in [5, 5.41) is 21.3. The van der Waals surface area contributed by atoms with Gasteiger partial charge in [0.05, 0.1) is 6.10 Å². The van der Waals surface area contributed by atoms with E-state index in [9.17, 15) is 9.90 Å². The van der Waals surface area contributed by atoms with Crippen LogP contribution in [0.4, 0.5) is 0 Å². The van der Waals surface area contributed by atoms with Crippen LogP contribution in [0.5, 0.6) is 0 Å². The molecule has 0 saturated heterocycles. The molecule has 3 unspecified atom stereocenters. The number of primary amides is 1. The Kier molecular flexibility index (Phi) is 3.65. The quantitative estimate of drug-likeness (QED) is 0.424. The van der Waals surface area contributed by atoms with E-state index in [-0.39, 0.29) is 18.7 Å². The van der Waals surface area contributed by atoms with Gasteiger partial charge in [-0.1, -0.05) is 0 Å². The van der Waals surface area contributed by atoms with Crippen LogP contribution in [0, 0.1) is 0 Å². The Morgan fingerprint density at radius 2 is 2.31 bits per heavy atom. The van der Waals surface area contributed by atoms with Crippen LogP contribution in [0.3, 0.4) is 0 Å². The van der Waals surface area contributed by atoms with Gasteiger partial charge >= 0.3 is 0 Å². The zero-order valence-electron chi connectivity index (χ0n) is 7.44. The predicted octanol–water partition coefficient (Wildman–Crippen LogP) is -1.66. The second-order valence-corrected chi connectivity index (χ2v) is 3.43. The number of nitrogens with one attached hydrogen (secondary N) is 1. The van der Waals surface area contributed by atoms with Crippen molar-refractivity contribution in [2.75, 3.05) is 6.54 Å². The molecule has 1 saturated carbocycles. The zero-order chi connectivity index (χ0) is 9.84. The third-order valence-electron chi connectivity index (χ3n) is 2.38. The van der Waals surface area contributed by atoms with E-state index in [2.05, 4.69) is 5.32 Å². The fourth-order valence-electron chi connectivity index (χ4n) is 1.54. The van der Waals surface area contributed by atoms with Gasteiger partial charge in [-0.2, -0.15) is 0 Å². The van der Waals surface area contributed by atoms with Crippen molar-refractivity contribution < 1.29 is 15.0 Å². The summed E-state index contributed by atoms with van der Waals surface area (Å²) in [6, 6.07) is -0.00556. The van der Waals surface area contributed by atoms with E-state index in [1.165, 1.54) is 0 Å². The first-order valence-electron chi connectivity index (χ1n) is 4.50. The molecule has 1 amide bonds. The molecule has 1 rings (SSSR count). The second kappa shape index (κ2) is 4.55. The summed E-state index contributed by atoms with van der Waals surface area (Å²) in [7, 11) is 0. The van der Waals surface area contributed by atoms with Gasteiger partial charge in [-0.25, -0.2) is 0 Å². The number of carbonyl (C=O) groups excluding carboxylic acids is 1.